The minimum absolute atomic E-state index is 0.0409. The third-order valence-electron chi connectivity index (χ3n) is 9.12. The molecular weight excluding hydrogens is 580 g/mol. The fourth-order valence-corrected chi connectivity index (χ4v) is 7.07. The van der Waals surface area contributed by atoms with Crippen LogP contribution in [-0.2, 0) is 22.4 Å². The van der Waals surface area contributed by atoms with Gasteiger partial charge in [0.25, 0.3) is 0 Å². The number of hydrogen-bond acceptors (Lipinski definition) is 9. The second-order valence-electron chi connectivity index (χ2n) is 14.1. The SMILES string of the molecule is Cc1cc(N2CCc3c(nc(OCCCN4CCOCC4)nc3N3C[C@@H](C)N(C(=O)OC(C)(C)C)[C@@H](C)C3)C2)c2ccccc2c1. The zero-order chi connectivity index (χ0) is 32.4. The third kappa shape index (κ3) is 7.33. The van der Waals surface area contributed by atoms with Crippen LogP contribution in [0.5, 0.6) is 6.01 Å². The number of benzene rings is 2. The van der Waals surface area contributed by atoms with E-state index in [1.807, 2.05) is 25.7 Å². The Kier molecular flexibility index (Phi) is 9.57. The fourth-order valence-electron chi connectivity index (χ4n) is 7.07. The minimum Gasteiger partial charge on any atom is -0.463 e. The molecule has 0 unspecified atom stereocenters. The van der Waals surface area contributed by atoms with Gasteiger partial charge in [-0.05, 0) is 71.4 Å². The molecule has 0 radical (unpaired) electrons. The normalized spacial score (nSPS) is 21.0. The van der Waals surface area contributed by atoms with Crippen molar-refractivity contribution in [1.29, 1.82) is 0 Å². The number of amides is 1. The number of aryl methyl sites for hydroxylation is 1. The molecule has 3 aliphatic heterocycles. The van der Waals surface area contributed by atoms with Gasteiger partial charge < -0.3 is 24.0 Å². The Balaban J connectivity index is 1.26. The summed E-state index contributed by atoms with van der Waals surface area (Å²) in [6.07, 6.45) is 1.47. The van der Waals surface area contributed by atoms with Crippen LogP contribution in [0.25, 0.3) is 10.8 Å². The molecule has 4 heterocycles. The lowest BCUT2D eigenvalue weighted by Gasteiger charge is -2.45. The zero-order valence-electron chi connectivity index (χ0n) is 28.4. The van der Waals surface area contributed by atoms with Crippen molar-refractivity contribution < 1.29 is 19.0 Å². The number of rotatable bonds is 7. The van der Waals surface area contributed by atoms with E-state index in [1.165, 1.54) is 27.6 Å². The van der Waals surface area contributed by atoms with Gasteiger partial charge >= 0.3 is 12.1 Å². The predicted molar refractivity (Wildman–Crippen MR) is 182 cm³/mol. The lowest BCUT2D eigenvalue weighted by atomic mass is 10.00. The predicted octanol–water partition coefficient (Wildman–Crippen LogP) is 5.44. The van der Waals surface area contributed by atoms with Gasteiger partial charge in [0.05, 0.1) is 44.1 Å². The summed E-state index contributed by atoms with van der Waals surface area (Å²) in [4.78, 5) is 32.3. The quantitative estimate of drug-likeness (QED) is 0.317. The smallest absolute Gasteiger partial charge is 0.410 e. The number of ether oxygens (including phenoxy) is 3. The van der Waals surface area contributed by atoms with Gasteiger partial charge in [-0.2, -0.15) is 9.97 Å². The van der Waals surface area contributed by atoms with E-state index in [0.717, 1.165) is 63.7 Å². The van der Waals surface area contributed by atoms with Gasteiger partial charge in [-0.25, -0.2) is 4.79 Å². The maximum atomic E-state index is 13.1. The molecular formula is C36H50N6O4. The highest BCUT2D eigenvalue weighted by Gasteiger charge is 2.38. The molecule has 6 rings (SSSR count). The molecule has 2 atom stereocenters. The van der Waals surface area contributed by atoms with Crippen molar-refractivity contribution in [3.05, 3.63) is 53.2 Å². The molecule has 0 bridgehead atoms. The van der Waals surface area contributed by atoms with Gasteiger partial charge in [0, 0.05) is 55.9 Å². The van der Waals surface area contributed by atoms with Gasteiger partial charge in [0.15, 0.2) is 0 Å². The summed E-state index contributed by atoms with van der Waals surface area (Å²) >= 11 is 0. The van der Waals surface area contributed by atoms with Crippen molar-refractivity contribution in [2.45, 2.75) is 78.6 Å². The van der Waals surface area contributed by atoms with Crippen molar-refractivity contribution in [1.82, 2.24) is 19.8 Å². The molecule has 0 spiro atoms. The highest BCUT2D eigenvalue weighted by Crippen LogP contribution is 2.36. The summed E-state index contributed by atoms with van der Waals surface area (Å²) in [5.74, 6) is 0.935. The average molecular weight is 631 g/mol. The highest BCUT2D eigenvalue weighted by atomic mass is 16.6. The minimum atomic E-state index is -0.540. The van der Waals surface area contributed by atoms with E-state index < -0.39 is 5.60 Å². The molecule has 10 heteroatoms. The summed E-state index contributed by atoms with van der Waals surface area (Å²) in [5.41, 5.74) is 4.14. The van der Waals surface area contributed by atoms with E-state index in [1.54, 1.807) is 0 Å². The number of aromatic nitrogens is 2. The Hall–Kier alpha value is -3.63. The summed E-state index contributed by atoms with van der Waals surface area (Å²) in [7, 11) is 0. The first kappa shape index (κ1) is 32.3. The van der Waals surface area contributed by atoms with E-state index in [-0.39, 0.29) is 18.2 Å². The highest BCUT2D eigenvalue weighted by molar-refractivity contribution is 5.95. The van der Waals surface area contributed by atoms with Gasteiger partial charge in [-0.1, -0.05) is 30.3 Å². The van der Waals surface area contributed by atoms with Crippen LogP contribution in [0.2, 0.25) is 0 Å². The first-order valence-corrected chi connectivity index (χ1v) is 16.9. The number of anilines is 2. The van der Waals surface area contributed by atoms with Crippen molar-refractivity contribution in [2.75, 3.05) is 68.9 Å². The third-order valence-corrected chi connectivity index (χ3v) is 9.12. The van der Waals surface area contributed by atoms with Crippen molar-refractivity contribution >= 4 is 28.4 Å². The Labute approximate surface area is 273 Å². The molecule has 248 valence electrons. The maximum Gasteiger partial charge on any atom is 0.410 e. The van der Waals surface area contributed by atoms with Crippen LogP contribution in [0.4, 0.5) is 16.3 Å². The standard InChI is InChI=1S/C36H50N6O4/c1-25-20-28-10-7-8-11-29(28)32(21-25)40-14-12-30-31(24-40)37-34(45-17-9-13-39-15-18-44-19-16-39)38-33(30)41-22-26(2)42(27(3)23-41)35(43)46-36(4,5)6/h7-8,10-11,20-21,26-27H,9,12-19,22-24H2,1-6H3/t26-,27+. The second kappa shape index (κ2) is 13.6. The van der Waals surface area contributed by atoms with Crippen LogP contribution < -0.4 is 14.5 Å². The van der Waals surface area contributed by atoms with E-state index >= 15 is 0 Å². The van der Waals surface area contributed by atoms with Crippen LogP contribution >= 0.6 is 0 Å². The Morgan fingerprint density at radius 3 is 2.48 bits per heavy atom. The average Bonchev–Trinajstić information content (AvgIpc) is 3.01. The Morgan fingerprint density at radius 2 is 1.74 bits per heavy atom. The van der Waals surface area contributed by atoms with Crippen molar-refractivity contribution in [2.24, 2.45) is 0 Å². The van der Waals surface area contributed by atoms with Crippen molar-refractivity contribution in [3.8, 4) is 6.01 Å². The summed E-state index contributed by atoms with van der Waals surface area (Å²) in [5, 5.41) is 2.51. The fraction of sp³-hybridized carbons (Fsp3) is 0.583. The second-order valence-corrected chi connectivity index (χ2v) is 14.1. The van der Waals surface area contributed by atoms with E-state index in [2.05, 4.69) is 71.9 Å². The van der Waals surface area contributed by atoms with Gasteiger partial charge in [-0.15, -0.1) is 0 Å². The molecule has 0 saturated carbocycles. The van der Waals surface area contributed by atoms with Crippen LogP contribution in [0.3, 0.4) is 0 Å². The number of piperazine rings is 1. The van der Waals surface area contributed by atoms with Crippen LogP contribution in [0.15, 0.2) is 36.4 Å². The lowest BCUT2D eigenvalue weighted by molar-refractivity contribution is 0.00557. The van der Waals surface area contributed by atoms with Crippen molar-refractivity contribution in [3.63, 3.8) is 0 Å². The summed E-state index contributed by atoms with van der Waals surface area (Å²) in [6, 6.07) is 13.5. The lowest BCUT2D eigenvalue weighted by Crippen LogP contribution is -2.60. The molecule has 1 amide bonds. The molecule has 3 aromatic rings. The number of nitrogens with zero attached hydrogens (tertiary/aromatic N) is 6. The number of carbonyl (C=O) groups excluding carboxylic acids is 1. The number of morpholine rings is 1. The molecule has 1 aromatic heterocycles. The summed E-state index contributed by atoms with van der Waals surface area (Å²) in [6.45, 7) is 20.0. The summed E-state index contributed by atoms with van der Waals surface area (Å²) < 4.78 is 17.5. The van der Waals surface area contributed by atoms with Crippen LogP contribution in [-0.4, -0.2) is 103 Å². The molecule has 2 saturated heterocycles. The molecule has 0 aliphatic carbocycles. The van der Waals surface area contributed by atoms with Gasteiger partial charge in [-0.3, -0.25) is 9.80 Å². The monoisotopic (exact) mass is 630 g/mol. The molecule has 46 heavy (non-hydrogen) atoms. The van der Waals surface area contributed by atoms with E-state index in [9.17, 15) is 4.79 Å². The largest absolute Gasteiger partial charge is 0.463 e. The molecule has 2 fully saturated rings. The molecule has 0 N–H and O–H groups in total. The zero-order valence-corrected chi connectivity index (χ0v) is 28.4. The molecule has 3 aliphatic rings. The van der Waals surface area contributed by atoms with E-state index in [0.29, 0.717) is 32.3 Å². The van der Waals surface area contributed by atoms with Gasteiger partial charge in [0.2, 0.25) is 0 Å². The van der Waals surface area contributed by atoms with Crippen LogP contribution in [0.1, 0.15) is 57.9 Å². The van der Waals surface area contributed by atoms with E-state index in [4.69, 9.17) is 24.2 Å². The number of carbonyl (C=O) groups is 1. The topological polar surface area (TPSA) is 83.5 Å². The Morgan fingerprint density at radius 1 is 1.00 bits per heavy atom. The number of hydrogen-bond donors (Lipinski definition) is 0. The Bertz CT molecular complexity index is 1520. The number of fused-ring (bicyclic) bond motifs is 2. The molecule has 2 aromatic carbocycles. The molecule has 10 nitrogen and oxygen atoms in total. The maximum absolute atomic E-state index is 13.1. The van der Waals surface area contributed by atoms with Gasteiger partial charge in [0.1, 0.15) is 11.4 Å². The first-order valence-electron chi connectivity index (χ1n) is 16.9. The first-order chi connectivity index (χ1) is 22.1. The van der Waals surface area contributed by atoms with Crippen LogP contribution in [0, 0.1) is 6.92 Å².